The molecule has 0 bridgehead atoms. The Morgan fingerprint density at radius 3 is 2.77 bits per heavy atom. The quantitative estimate of drug-likeness (QED) is 0.641. The Labute approximate surface area is 133 Å². The number of thioether (sulfide) groups is 1. The van der Waals surface area contributed by atoms with Gasteiger partial charge in [-0.05, 0) is 30.2 Å². The van der Waals surface area contributed by atoms with Gasteiger partial charge in [-0.25, -0.2) is 0 Å². The van der Waals surface area contributed by atoms with Crippen LogP contribution >= 0.6 is 11.8 Å². The molecule has 2 aromatic rings. The smallest absolute Gasteiger partial charge is 0.239 e. The predicted molar refractivity (Wildman–Crippen MR) is 93.2 cm³/mol. The minimum absolute atomic E-state index is 0.0839. The van der Waals surface area contributed by atoms with Crippen LogP contribution in [0.15, 0.2) is 52.7 Å². The van der Waals surface area contributed by atoms with Gasteiger partial charge in [0.25, 0.3) is 0 Å². The molecule has 0 radical (unpaired) electrons. The summed E-state index contributed by atoms with van der Waals surface area (Å²) in [6.07, 6.45) is 0. The van der Waals surface area contributed by atoms with E-state index in [-0.39, 0.29) is 5.91 Å². The van der Waals surface area contributed by atoms with Crippen molar-refractivity contribution in [1.82, 2.24) is 4.90 Å². The van der Waals surface area contributed by atoms with Crippen LogP contribution in [0, 0.1) is 0 Å². The van der Waals surface area contributed by atoms with E-state index < -0.39 is 0 Å². The Hall–Kier alpha value is -2.14. The van der Waals surface area contributed by atoms with E-state index in [2.05, 4.69) is 34.5 Å². The van der Waals surface area contributed by atoms with Crippen LogP contribution in [0.4, 0.5) is 0 Å². The largest absolute Gasteiger partial charge is 0.285 e. The lowest BCUT2D eigenvalue weighted by Crippen LogP contribution is -2.29. The average molecular weight is 311 g/mol. The summed E-state index contributed by atoms with van der Waals surface area (Å²) in [5.74, 6) is 0.516. The number of carbonyl (C=O) groups is 1. The van der Waals surface area contributed by atoms with Crippen molar-refractivity contribution in [3.05, 3.63) is 48.0 Å². The summed E-state index contributed by atoms with van der Waals surface area (Å²) in [6.45, 7) is 4.31. The molecule has 1 saturated heterocycles. The molecule has 0 spiro atoms. The molecule has 22 heavy (non-hydrogen) atoms. The highest BCUT2D eigenvalue weighted by molar-refractivity contribution is 8.15. The summed E-state index contributed by atoms with van der Waals surface area (Å²) in [7, 11) is 0. The van der Waals surface area contributed by atoms with Gasteiger partial charge < -0.3 is 0 Å². The van der Waals surface area contributed by atoms with Crippen molar-refractivity contribution in [1.29, 1.82) is 0 Å². The van der Waals surface area contributed by atoms with E-state index in [0.717, 1.165) is 11.3 Å². The van der Waals surface area contributed by atoms with Crippen LogP contribution in [0.2, 0.25) is 0 Å². The maximum absolute atomic E-state index is 12.1. The molecule has 2 aromatic carbocycles. The lowest BCUT2D eigenvalue weighted by atomic mass is 10.0. The first-order valence-electron chi connectivity index (χ1n) is 7.14. The molecule has 3 rings (SSSR count). The molecule has 5 heteroatoms. The van der Waals surface area contributed by atoms with Gasteiger partial charge >= 0.3 is 0 Å². The van der Waals surface area contributed by atoms with Crippen LogP contribution in [0.3, 0.4) is 0 Å². The SMILES string of the molecule is CC(C)=N/N=C1\SCC(=O)N1Cc1cccc2ccccc12. The number of hydrogen-bond acceptors (Lipinski definition) is 4. The third kappa shape index (κ3) is 3.04. The zero-order valence-electron chi connectivity index (χ0n) is 12.6. The summed E-state index contributed by atoms with van der Waals surface area (Å²) >= 11 is 1.44. The van der Waals surface area contributed by atoms with Crippen molar-refractivity contribution in [2.24, 2.45) is 10.2 Å². The molecule has 1 amide bonds. The molecule has 1 aliphatic heterocycles. The standard InChI is InChI=1S/C17H17N3OS/c1-12(2)18-19-17-20(16(21)11-22-17)10-14-8-5-7-13-6-3-4-9-15(13)14/h3-9H,10-11H2,1-2H3/b19-17-. The van der Waals surface area contributed by atoms with Crippen LogP contribution in [0.1, 0.15) is 19.4 Å². The van der Waals surface area contributed by atoms with Gasteiger partial charge in [-0.1, -0.05) is 54.2 Å². The second kappa shape index (κ2) is 6.32. The summed E-state index contributed by atoms with van der Waals surface area (Å²) in [4.78, 5) is 13.9. The molecule has 112 valence electrons. The molecule has 0 saturated carbocycles. The molecule has 1 fully saturated rings. The third-order valence-electron chi connectivity index (χ3n) is 3.40. The minimum atomic E-state index is 0.0839. The van der Waals surface area contributed by atoms with Crippen molar-refractivity contribution in [3.8, 4) is 0 Å². The highest BCUT2D eigenvalue weighted by Crippen LogP contribution is 2.25. The number of carbonyl (C=O) groups excluding carboxylic acids is 1. The zero-order chi connectivity index (χ0) is 15.5. The highest BCUT2D eigenvalue weighted by Gasteiger charge is 2.28. The van der Waals surface area contributed by atoms with E-state index in [9.17, 15) is 4.79 Å². The van der Waals surface area contributed by atoms with Crippen molar-refractivity contribution in [2.75, 3.05) is 5.75 Å². The number of hydrogen-bond donors (Lipinski definition) is 0. The minimum Gasteiger partial charge on any atom is -0.285 e. The Balaban J connectivity index is 1.94. The molecule has 4 nitrogen and oxygen atoms in total. The second-order valence-corrected chi connectivity index (χ2v) is 6.28. The van der Waals surface area contributed by atoms with Crippen molar-refractivity contribution < 1.29 is 4.79 Å². The van der Waals surface area contributed by atoms with E-state index in [4.69, 9.17) is 0 Å². The molecule has 0 aromatic heterocycles. The van der Waals surface area contributed by atoms with Gasteiger partial charge in [0, 0.05) is 5.71 Å². The number of amides is 1. The van der Waals surface area contributed by atoms with Crippen LogP contribution in [0.5, 0.6) is 0 Å². The third-order valence-corrected chi connectivity index (χ3v) is 4.35. The molecular formula is C17H17N3OS. The first kappa shape index (κ1) is 14.8. The molecule has 0 atom stereocenters. The number of amidine groups is 1. The van der Waals surface area contributed by atoms with Gasteiger partial charge in [0.1, 0.15) is 0 Å². The van der Waals surface area contributed by atoms with Crippen molar-refractivity contribution >= 4 is 39.3 Å². The van der Waals surface area contributed by atoms with E-state index in [1.807, 2.05) is 32.0 Å². The lowest BCUT2D eigenvalue weighted by molar-refractivity contribution is -0.124. The Morgan fingerprint density at radius 1 is 1.18 bits per heavy atom. The fourth-order valence-corrected chi connectivity index (χ4v) is 3.20. The van der Waals surface area contributed by atoms with Crippen LogP contribution < -0.4 is 0 Å². The highest BCUT2D eigenvalue weighted by atomic mass is 32.2. The average Bonchev–Trinajstić information content (AvgIpc) is 2.86. The summed E-state index contributed by atoms with van der Waals surface area (Å²) in [6, 6.07) is 14.4. The van der Waals surface area contributed by atoms with Gasteiger partial charge in [-0.3, -0.25) is 9.69 Å². The Morgan fingerprint density at radius 2 is 1.95 bits per heavy atom. The van der Waals surface area contributed by atoms with E-state index in [0.29, 0.717) is 17.5 Å². The summed E-state index contributed by atoms with van der Waals surface area (Å²) in [5, 5.41) is 11.3. The van der Waals surface area contributed by atoms with E-state index in [1.165, 1.54) is 22.5 Å². The zero-order valence-corrected chi connectivity index (χ0v) is 13.4. The molecular weight excluding hydrogens is 294 g/mol. The number of fused-ring (bicyclic) bond motifs is 1. The molecule has 1 heterocycles. The molecule has 0 unspecified atom stereocenters. The van der Waals surface area contributed by atoms with Gasteiger partial charge in [0.2, 0.25) is 5.91 Å². The monoisotopic (exact) mass is 311 g/mol. The number of nitrogens with zero attached hydrogens (tertiary/aromatic N) is 3. The Kier molecular flexibility index (Phi) is 4.24. The summed E-state index contributed by atoms with van der Waals surface area (Å²) < 4.78 is 0. The van der Waals surface area contributed by atoms with Gasteiger partial charge in [-0.15, -0.1) is 5.10 Å². The number of rotatable bonds is 3. The van der Waals surface area contributed by atoms with E-state index >= 15 is 0 Å². The topological polar surface area (TPSA) is 45.0 Å². The maximum atomic E-state index is 12.1. The molecule has 0 N–H and O–H groups in total. The van der Waals surface area contributed by atoms with Crippen molar-refractivity contribution in [3.63, 3.8) is 0 Å². The number of benzene rings is 2. The summed E-state index contributed by atoms with van der Waals surface area (Å²) in [5.41, 5.74) is 2.00. The van der Waals surface area contributed by atoms with Crippen LogP contribution in [-0.4, -0.2) is 27.4 Å². The molecule has 0 aliphatic carbocycles. The lowest BCUT2D eigenvalue weighted by Gasteiger charge is -2.16. The van der Waals surface area contributed by atoms with Crippen LogP contribution in [-0.2, 0) is 11.3 Å². The second-order valence-electron chi connectivity index (χ2n) is 5.34. The molecule has 1 aliphatic rings. The fourth-order valence-electron chi connectivity index (χ4n) is 2.37. The van der Waals surface area contributed by atoms with Gasteiger partial charge in [0.05, 0.1) is 12.3 Å². The van der Waals surface area contributed by atoms with E-state index in [1.54, 1.807) is 4.90 Å². The van der Waals surface area contributed by atoms with Crippen LogP contribution in [0.25, 0.3) is 10.8 Å². The van der Waals surface area contributed by atoms with Crippen molar-refractivity contribution in [2.45, 2.75) is 20.4 Å². The van der Waals surface area contributed by atoms with Gasteiger partial charge in [-0.2, -0.15) is 5.10 Å². The first-order chi connectivity index (χ1) is 10.6. The van der Waals surface area contributed by atoms with Gasteiger partial charge in [0.15, 0.2) is 5.17 Å². The fraction of sp³-hybridized carbons (Fsp3) is 0.235. The predicted octanol–water partition coefficient (Wildman–Crippen LogP) is 3.67. The normalized spacial score (nSPS) is 16.5. The maximum Gasteiger partial charge on any atom is 0.239 e. The Bertz CT molecular complexity index is 773. The first-order valence-corrected chi connectivity index (χ1v) is 8.12.